The van der Waals surface area contributed by atoms with Gasteiger partial charge in [-0.1, -0.05) is 6.07 Å². The second-order valence-corrected chi connectivity index (χ2v) is 6.84. The minimum Gasteiger partial charge on any atom is -0.467 e. The second kappa shape index (κ2) is 8.01. The molecule has 7 heteroatoms. The van der Waals surface area contributed by atoms with Crippen molar-refractivity contribution in [2.75, 3.05) is 6.54 Å². The van der Waals surface area contributed by atoms with Crippen molar-refractivity contribution in [1.29, 1.82) is 0 Å². The van der Waals surface area contributed by atoms with E-state index in [1.165, 1.54) is 0 Å². The molecule has 1 atom stereocenters. The number of amides is 3. The van der Waals surface area contributed by atoms with Crippen LogP contribution in [0.1, 0.15) is 29.9 Å². The highest BCUT2D eigenvalue weighted by Crippen LogP contribution is 2.16. The van der Waals surface area contributed by atoms with Gasteiger partial charge in [-0.2, -0.15) is 0 Å². The smallest absolute Gasteiger partial charge is 0.318 e. The van der Waals surface area contributed by atoms with Gasteiger partial charge < -0.3 is 20.0 Å². The molecule has 2 N–H and O–H groups in total. The van der Waals surface area contributed by atoms with Crippen molar-refractivity contribution < 1.29 is 14.0 Å². The third-order valence-electron chi connectivity index (χ3n) is 3.97. The average molecular weight is 347 g/mol. The van der Waals surface area contributed by atoms with Crippen LogP contribution in [-0.4, -0.2) is 29.4 Å². The Morgan fingerprint density at radius 2 is 2.25 bits per heavy atom. The van der Waals surface area contributed by atoms with E-state index in [2.05, 4.69) is 10.6 Å². The lowest BCUT2D eigenvalue weighted by Crippen LogP contribution is -2.50. The molecule has 2 aromatic rings. The zero-order valence-corrected chi connectivity index (χ0v) is 14.2. The van der Waals surface area contributed by atoms with Crippen molar-refractivity contribution in [3.63, 3.8) is 0 Å². The van der Waals surface area contributed by atoms with Gasteiger partial charge >= 0.3 is 6.03 Å². The summed E-state index contributed by atoms with van der Waals surface area (Å²) in [5.74, 6) is 0.613. The first-order chi connectivity index (χ1) is 11.7. The largest absolute Gasteiger partial charge is 0.467 e. The van der Waals surface area contributed by atoms with Gasteiger partial charge in [0.2, 0.25) is 5.91 Å². The number of hydrogen-bond acceptors (Lipinski definition) is 4. The zero-order valence-electron chi connectivity index (χ0n) is 13.4. The predicted molar refractivity (Wildman–Crippen MR) is 91.5 cm³/mol. The monoisotopic (exact) mass is 347 g/mol. The first-order valence-electron chi connectivity index (χ1n) is 8.10. The summed E-state index contributed by atoms with van der Waals surface area (Å²) in [6.07, 6.45) is 4.14. The fourth-order valence-electron chi connectivity index (χ4n) is 2.70. The molecule has 128 valence electrons. The Morgan fingerprint density at radius 1 is 1.33 bits per heavy atom. The second-order valence-electron chi connectivity index (χ2n) is 5.80. The van der Waals surface area contributed by atoms with Gasteiger partial charge in [0.15, 0.2) is 0 Å². The number of urea groups is 1. The molecule has 3 heterocycles. The molecule has 24 heavy (non-hydrogen) atoms. The summed E-state index contributed by atoms with van der Waals surface area (Å²) in [4.78, 5) is 27.5. The minimum atomic E-state index is -0.470. The molecule has 1 fully saturated rings. The van der Waals surface area contributed by atoms with Crippen molar-refractivity contribution in [2.45, 2.75) is 38.4 Å². The molecule has 6 nitrogen and oxygen atoms in total. The van der Waals surface area contributed by atoms with Crippen molar-refractivity contribution in [3.05, 3.63) is 46.5 Å². The number of thiophene rings is 1. The normalized spacial score (nSPS) is 17.8. The first kappa shape index (κ1) is 16.6. The molecule has 3 amide bonds. The lowest BCUT2D eigenvalue weighted by atomic mass is 10.1. The number of rotatable bonds is 5. The molecular formula is C17H21N3O3S. The maximum Gasteiger partial charge on any atom is 0.318 e. The van der Waals surface area contributed by atoms with Gasteiger partial charge in [-0.25, -0.2) is 4.79 Å². The third kappa shape index (κ3) is 4.38. The van der Waals surface area contributed by atoms with Crippen LogP contribution in [0.15, 0.2) is 40.3 Å². The Labute approximate surface area is 144 Å². The van der Waals surface area contributed by atoms with Crippen LogP contribution in [0.5, 0.6) is 0 Å². The van der Waals surface area contributed by atoms with Crippen molar-refractivity contribution in [3.8, 4) is 0 Å². The van der Waals surface area contributed by atoms with E-state index in [1.807, 2.05) is 23.6 Å². The summed E-state index contributed by atoms with van der Waals surface area (Å²) in [5, 5.41) is 7.70. The molecule has 0 saturated carbocycles. The van der Waals surface area contributed by atoms with Crippen LogP contribution >= 0.6 is 11.3 Å². The average Bonchev–Trinajstić information content (AvgIpc) is 3.23. The molecule has 3 rings (SSSR count). The summed E-state index contributed by atoms with van der Waals surface area (Å²) >= 11 is 1.60. The summed E-state index contributed by atoms with van der Waals surface area (Å²) in [5.41, 5.74) is 0. The van der Waals surface area contributed by atoms with Crippen molar-refractivity contribution in [2.24, 2.45) is 0 Å². The number of nitrogens with zero attached hydrogens (tertiary/aromatic N) is 1. The molecule has 1 aliphatic rings. The van der Waals surface area contributed by atoms with Crippen LogP contribution in [0.4, 0.5) is 4.79 Å². The summed E-state index contributed by atoms with van der Waals surface area (Å²) < 4.78 is 5.37. The Hall–Kier alpha value is -2.28. The van der Waals surface area contributed by atoms with E-state index in [0.717, 1.165) is 17.7 Å². The topological polar surface area (TPSA) is 74.6 Å². The number of hydrogen-bond donors (Lipinski definition) is 2. The SMILES string of the molecule is O=C1NCCCCC1NC(=O)N(Cc1ccco1)Cc1cccs1. The van der Waals surface area contributed by atoms with Crippen LogP contribution in [0.3, 0.4) is 0 Å². The van der Waals surface area contributed by atoms with E-state index < -0.39 is 6.04 Å². The van der Waals surface area contributed by atoms with Gasteiger partial charge in [0.1, 0.15) is 11.8 Å². The van der Waals surface area contributed by atoms with Gasteiger partial charge in [0, 0.05) is 11.4 Å². The van der Waals surface area contributed by atoms with Crippen LogP contribution < -0.4 is 10.6 Å². The molecule has 0 aliphatic carbocycles. The van der Waals surface area contributed by atoms with Gasteiger partial charge in [-0.05, 0) is 42.8 Å². The van der Waals surface area contributed by atoms with Gasteiger partial charge in [0.05, 0.1) is 19.4 Å². The maximum absolute atomic E-state index is 12.7. The van der Waals surface area contributed by atoms with Gasteiger partial charge in [0.25, 0.3) is 0 Å². The molecule has 0 bridgehead atoms. The molecular weight excluding hydrogens is 326 g/mol. The summed E-state index contributed by atoms with van der Waals surface area (Å²) in [6, 6.07) is 6.87. The Balaban J connectivity index is 1.68. The van der Waals surface area contributed by atoms with Crippen LogP contribution in [-0.2, 0) is 17.9 Å². The standard InChI is InChI=1S/C17H21N3O3S/c21-16-15(7-1-2-8-18-16)19-17(22)20(11-13-5-3-9-23-13)12-14-6-4-10-24-14/h3-6,9-10,15H,1-2,7-8,11-12H2,(H,18,21)(H,19,22). The third-order valence-corrected chi connectivity index (χ3v) is 4.83. The maximum atomic E-state index is 12.7. The van der Waals surface area contributed by atoms with Crippen LogP contribution in [0, 0.1) is 0 Å². The van der Waals surface area contributed by atoms with E-state index in [4.69, 9.17) is 4.42 Å². The van der Waals surface area contributed by atoms with Crippen LogP contribution in [0.2, 0.25) is 0 Å². The Bertz CT molecular complexity index is 618. The highest BCUT2D eigenvalue weighted by molar-refractivity contribution is 7.09. The Kier molecular flexibility index (Phi) is 5.53. The van der Waals surface area contributed by atoms with E-state index >= 15 is 0 Å². The number of furan rings is 1. The fourth-order valence-corrected chi connectivity index (χ4v) is 3.42. The predicted octanol–water partition coefficient (Wildman–Crippen LogP) is 2.72. The minimum absolute atomic E-state index is 0.102. The molecule has 0 radical (unpaired) electrons. The molecule has 0 spiro atoms. The molecule has 1 saturated heterocycles. The van der Waals surface area contributed by atoms with Crippen LogP contribution in [0.25, 0.3) is 0 Å². The highest BCUT2D eigenvalue weighted by atomic mass is 32.1. The molecule has 1 unspecified atom stereocenters. The highest BCUT2D eigenvalue weighted by Gasteiger charge is 2.25. The summed E-state index contributed by atoms with van der Waals surface area (Å²) in [6.45, 7) is 1.53. The zero-order chi connectivity index (χ0) is 16.8. The van der Waals surface area contributed by atoms with Crippen molar-refractivity contribution >= 4 is 23.3 Å². The van der Waals surface area contributed by atoms with E-state index in [1.54, 1.807) is 28.6 Å². The summed E-state index contributed by atoms with van der Waals surface area (Å²) in [7, 11) is 0. The number of nitrogens with one attached hydrogen (secondary N) is 2. The van der Waals surface area contributed by atoms with E-state index in [9.17, 15) is 9.59 Å². The first-order valence-corrected chi connectivity index (χ1v) is 8.98. The lowest BCUT2D eigenvalue weighted by molar-refractivity contribution is -0.122. The van der Waals surface area contributed by atoms with E-state index in [-0.39, 0.29) is 11.9 Å². The van der Waals surface area contributed by atoms with E-state index in [0.29, 0.717) is 31.8 Å². The molecule has 1 aliphatic heterocycles. The van der Waals surface area contributed by atoms with Gasteiger partial charge in [-0.15, -0.1) is 11.3 Å². The number of carbonyl (C=O) groups is 2. The quantitative estimate of drug-likeness (QED) is 0.873. The van der Waals surface area contributed by atoms with Crippen molar-refractivity contribution in [1.82, 2.24) is 15.5 Å². The number of carbonyl (C=O) groups excluding carboxylic acids is 2. The molecule has 2 aromatic heterocycles. The lowest BCUT2D eigenvalue weighted by Gasteiger charge is -2.24. The fraction of sp³-hybridized carbons (Fsp3) is 0.412. The van der Waals surface area contributed by atoms with Gasteiger partial charge in [-0.3, -0.25) is 4.79 Å². The Morgan fingerprint density at radius 3 is 3.00 bits per heavy atom. The molecule has 0 aromatic carbocycles.